The average Bonchev–Trinajstić information content (AvgIpc) is 2.29. The predicted octanol–water partition coefficient (Wildman–Crippen LogP) is 2.76. The van der Waals surface area contributed by atoms with Gasteiger partial charge in [-0.05, 0) is 46.9 Å². The molecule has 0 aliphatic carbocycles. The van der Waals surface area contributed by atoms with Crippen LogP contribution in [0.25, 0.3) is 0 Å². The molecule has 0 heterocycles. The van der Waals surface area contributed by atoms with E-state index in [1.807, 2.05) is 6.07 Å². The molecule has 0 radical (unpaired) electrons. The highest BCUT2D eigenvalue weighted by Crippen LogP contribution is 2.21. The molecule has 16 heavy (non-hydrogen) atoms. The number of rotatable bonds is 7. The van der Waals surface area contributed by atoms with Crippen LogP contribution in [0, 0.1) is 5.82 Å². The second-order valence-electron chi connectivity index (χ2n) is 3.56. The van der Waals surface area contributed by atoms with E-state index in [9.17, 15) is 4.39 Å². The van der Waals surface area contributed by atoms with Crippen molar-refractivity contribution in [1.82, 2.24) is 5.32 Å². The van der Waals surface area contributed by atoms with Gasteiger partial charge in [-0.3, -0.25) is 0 Å². The van der Waals surface area contributed by atoms with Crippen LogP contribution in [0.15, 0.2) is 22.7 Å². The third-order valence-electron chi connectivity index (χ3n) is 2.31. The lowest BCUT2D eigenvalue weighted by molar-refractivity contribution is 0.199. The minimum atomic E-state index is -0.190. The number of hydrogen-bond acceptors (Lipinski definition) is 2. The fourth-order valence-electron chi connectivity index (χ4n) is 1.44. The van der Waals surface area contributed by atoms with Crippen LogP contribution in [0.3, 0.4) is 0 Å². The number of halogens is 2. The average molecular weight is 290 g/mol. The topological polar surface area (TPSA) is 21.3 Å². The summed E-state index contributed by atoms with van der Waals surface area (Å²) in [6.45, 7) is 2.51. The Morgan fingerprint density at radius 2 is 2.19 bits per heavy atom. The molecule has 1 N–H and O–H groups in total. The molecule has 0 spiro atoms. The third-order valence-corrected chi connectivity index (χ3v) is 3.20. The molecule has 0 unspecified atom stereocenters. The van der Waals surface area contributed by atoms with Gasteiger partial charge in [-0.2, -0.15) is 0 Å². The molecule has 90 valence electrons. The van der Waals surface area contributed by atoms with Gasteiger partial charge in [0.1, 0.15) is 5.82 Å². The largest absolute Gasteiger partial charge is 0.383 e. The summed E-state index contributed by atoms with van der Waals surface area (Å²) in [5.74, 6) is -0.190. The molecule has 0 saturated carbocycles. The summed E-state index contributed by atoms with van der Waals surface area (Å²) >= 11 is 3.26. The SMILES string of the molecule is COCCNCCCc1cccc(F)c1Br. The second kappa shape index (κ2) is 7.76. The van der Waals surface area contributed by atoms with E-state index in [0.717, 1.165) is 38.1 Å². The first-order valence-corrected chi connectivity index (χ1v) is 6.17. The van der Waals surface area contributed by atoms with E-state index in [1.165, 1.54) is 6.07 Å². The lowest BCUT2D eigenvalue weighted by Gasteiger charge is -2.06. The quantitative estimate of drug-likeness (QED) is 0.780. The van der Waals surface area contributed by atoms with Crippen LogP contribution < -0.4 is 5.32 Å². The van der Waals surface area contributed by atoms with Gasteiger partial charge in [-0.15, -0.1) is 0 Å². The Morgan fingerprint density at radius 1 is 1.38 bits per heavy atom. The Kier molecular flexibility index (Phi) is 6.61. The summed E-state index contributed by atoms with van der Waals surface area (Å²) in [6, 6.07) is 5.15. The van der Waals surface area contributed by atoms with Crippen molar-refractivity contribution in [3.8, 4) is 0 Å². The first-order chi connectivity index (χ1) is 7.75. The molecule has 0 amide bonds. The highest BCUT2D eigenvalue weighted by molar-refractivity contribution is 9.10. The summed E-state index contributed by atoms with van der Waals surface area (Å²) in [6.07, 6.45) is 1.87. The van der Waals surface area contributed by atoms with Crippen LogP contribution in [0.5, 0.6) is 0 Å². The molecule has 0 aliphatic heterocycles. The van der Waals surface area contributed by atoms with Crippen LogP contribution in [0.1, 0.15) is 12.0 Å². The van der Waals surface area contributed by atoms with E-state index in [4.69, 9.17) is 4.74 Å². The third kappa shape index (κ3) is 4.60. The molecule has 0 bridgehead atoms. The van der Waals surface area contributed by atoms with Crippen molar-refractivity contribution in [2.45, 2.75) is 12.8 Å². The molecule has 1 rings (SSSR count). The number of hydrogen-bond donors (Lipinski definition) is 1. The molecule has 0 fully saturated rings. The predicted molar refractivity (Wildman–Crippen MR) is 67.2 cm³/mol. The molecule has 0 aliphatic rings. The van der Waals surface area contributed by atoms with E-state index >= 15 is 0 Å². The highest BCUT2D eigenvalue weighted by atomic mass is 79.9. The van der Waals surface area contributed by atoms with Gasteiger partial charge in [0, 0.05) is 13.7 Å². The Morgan fingerprint density at radius 3 is 2.94 bits per heavy atom. The fraction of sp³-hybridized carbons (Fsp3) is 0.500. The fourth-order valence-corrected chi connectivity index (χ4v) is 1.91. The van der Waals surface area contributed by atoms with E-state index in [1.54, 1.807) is 13.2 Å². The maximum absolute atomic E-state index is 13.2. The molecule has 0 aromatic heterocycles. The molecule has 0 saturated heterocycles. The van der Waals surface area contributed by atoms with Crippen LogP contribution in [-0.4, -0.2) is 26.8 Å². The van der Waals surface area contributed by atoms with Gasteiger partial charge in [-0.1, -0.05) is 12.1 Å². The van der Waals surface area contributed by atoms with Crippen LogP contribution in [0.2, 0.25) is 0 Å². The van der Waals surface area contributed by atoms with Crippen molar-refractivity contribution < 1.29 is 9.13 Å². The zero-order valence-corrected chi connectivity index (χ0v) is 11.0. The molecule has 0 atom stereocenters. The van der Waals surface area contributed by atoms with Gasteiger partial charge in [-0.25, -0.2) is 4.39 Å². The van der Waals surface area contributed by atoms with Crippen molar-refractivity contribution in [1.29, 1.82) is 0 Å². The molecule has 2 nitrogen and oxygen atoms in total. The summed E-state index contributed by atoms with van der Waals surface area (Å²) in [5.41, 5.74) is 1.02. The Balaban J connectivity index is 2.24. The summed E-state index contributed by atoms with van der Waals surface area (Å²) in [7, 11) is 1.69. The van der Waals surface area contributed by atoms with Gasteiger partial charge in [0.05, 0.1) is 11.1 Å². The number of methoxy groups -OCH3 is 1. The lowest BCUT2D eigenvalue weighted by Crippen LogP contribution is -2.20. The van der Waals surface area contributed by atoms with Crippen molar-refractivity contribution in [2.75, 3.05) is 26.8 Å². The van der Waals surface area contributed by atoms with Gasteiger partial charge in [0.25, 0.3) is 0 Å². The molecule has 1 aromatic carbocycles. The Hall–Kier alpha value is -0.450. The molecular weight excluding hydrogens is 273 g/mol. The molecular formula is C12H17BrFNO. The number of aryl methyl sites for hydroxylation is 1. The van der Waals surface area contributed by atoms with Crippen LogP contribution in [0.4, 0.5) is 4.39 Å². The van der Waals surface area contributed by atoms with Gasteiger partial charge in [0.2, 0.25) is 0 Å². The maximum atomic E-state index is 13.2. The van der Waals surface area contributed by atoms with E-state index in [0.29, 0.717) is 4.47 Å². The molecule has 1 aromatic rings. The number of nitrogens with one attached hydrogen (secondary N) is 1. The summed E-state index contributed by atoms with van der Waals surface area (Å²) in [5, 5.41) is 3.26. The van der Waals surface area contributed by atoms with E-state index in [-0.39, 0.29) is 5.82 Å². The summed E-state index contributed by atoms with van der Waals surface area (Å²) in [4.78, 5) is 0. The zero-order valence-electron chi connectivity index (χ0n) is 9.43. The smallest absolute Gasteiger partial charge is 0.137 e. The van der Waals surface area contributed by atoms with E-state index < -0.39 is 0 Å². The monoisotopic (exact) mass is 289 g/mol. The molecule has 4 heteroatoms. The van der Waals surface area contributed by atoms with E-state index in [2.05, 4.69) is 21.2 Å². The van der Waals surface area contributed by atoms with Crippen LogP contribution in [-0.2, 0) is 11.2 Å². The second-order valence-corrected chi connectivity index (χ2v) is 4.35. The van der Waals surface area contributed by atoms with Crippen molar-refractivity contribution in [2.24, 2.45) is 0 Å². The lowest BCUT2D eigenvalue weighted by atomic mass is 10.1. The van der Waals surface area contributed by atoms with Gasteiger partial charge >= 0.3 is 0 Å². The number of ether oxygens (including phenoxy) is 1. The standard InChI is InChI=1S/C12H17BrFNO/c1-16-9-8-15-7-3-5-10-4-2-6-11(14)12(10)13/h2,4,6,15H,3,5,7-9H2,1H3. The minimum Gasteiger partial charge on any atom is -0.383 e. The first kappa shape index (κ1) is 13.6. The minimum absolute atomic E-state index is 0.190. The van der Waals surface area contributed by atoms with Gasteiger partial charge < -0.3 is 10.1 Å². The first-order valence-electron chi connectivity index (χ1n) is 5.38. The van der Waals surface area contributed by atoms with Crippen molar-refractivity contribution in [3.05, 3.63) is 34.1 Å². The maximum Gasteiger partial charge on any atom is 0.137 e. The Bertz CT molecular complexity index is 320. The van der Waals surface area contributed by atoms with Crippen LogP contribution >= 0.6 is 15.9 Å². The van der Waals surface area contributed by atoms with Crippen molar-refractivity contribution >= 4 is 15.9 Å². The number of benzene rings is 1. The Labute approximate surface area is 104 Å². The van der Waals surface area contributed by atoms with Gasteiger partial charge in [0.15, 0.2) is 0 Å². The zero-order chi connectivity index (χ0) is 11.8. The normalized spacial score (nSPS) is 10.7. The van der Waals surface area contributed by atoms with Crippen molar-refractivity contribution in [3.63, 3.8) is 0 Å². The summed E-state index contributed by atoms with van der Waals surface area (Å²) < 4.78 is 18.7. The highest BCUT2D eigenvalue weighted by Gasteiger charge is 2.03.